The van der Waals surface area contributed by atoms with Crippen molar-refractivity contribution in [3.8, 4) is 5.75 Å². The van der Waals surface area contributed by atoms with E-state index in [4.69, 9.17) is 11.6 Å². The number of aliphatic carboxylic acids is 1. The van der Waals surface area contributed by atoms with Crippen molar-refractivity contribution < 1.29 is 19.8 Å². The molecule has 1 atom stereocenters. The molecule has 0 aliphatic rings. The zero-order valence-corrected chi connectivity index (χ0v) is 14.4. The van der Waals surface area contributed by atoms with Crippen molar-refractivity contribution in [3.63, 3.8) is 0 Å². The molecule has 0 unspecified atom stereocenters. The van der Waals surface area contributed by atoms with Gasteiger partial charge in [0.2, 0.25) is 5.91 Å². The first-order chi connectivity index (χ1) is 11.9. The Morgan fingerprint density at radius 1 is 1.00 bits per heavy atom. The number of carboxylic acids is 1. The van der Waals surface area contributed by atoms with Crippen LogP contribution in [0.15, 0.2) is 48.5 Å². The molecule has 1 amide bonds. The molecule has 0 saturated heterocycles. The number of aromatic hydroxyl groups is 1. The highest BCUT2D eigenvalue weighted by molar-refractivity contribution is 6.30. The molecule has 0 heterocycles. The highest BCUT2D eigenvalue weighted by atomic mass is 35.5. The summed E-state index contributed by atoms with van der Waals surface area (Å²) < 4.78 is 0. The summed E-state index contributed by atoms with van der Waals surface area (Å²) in [6.07, 6.45) is 1.76. The van der Waals surface area contributed by atoms with Gasteiger partial charge in [0.15, 0.2) is 0 Å². The van der Waals surface area contributed by atoms with Crippen molar-refractivity contribution in [1.29, 1.82) is 0 Å². The molecule has 0 aliphatic heterocycles. The van der Waals surface area contributed by atoms with Crippen LogP contribution in [0.1, 0.15) is 24.0 Å². The maximum absolute atomic E-state index is 12.0. The van der Waals surface area contributed by atoms with Crippen LogP contribution in [0.4, 0.5) is 0 Å². The highest BCUT2D eigenvalue weighted by Gasteiger charge is 2.20. The number of aryl methyl sites for hydroxylation is 1. The first-order valence-corrected chi connectivity index (χ1v) is 8.36. The Hall–Kier alpha value is -2.53. The summed E-state index contributed by atoms with van der Waals surface area (Å²) in [5.74, 6) is -1.26. The fourth-order valence-electron chi connectivity index (χ4n) is 2.44. The molecule has 132 valence electrons. The minimum atomic E-state index is -1.08. The van der Waals surface area contributed by atoms with Crippen LogP contribution in [0.2, 0.25) is 5.02 Å². The van der Waals surface area contributed by atoms with E-state index < -0.39 is 12.0 Å². The Morgan fingerprint density at radius 3 is 2.20 bits per heavy atom. The lowest BCUT2D eigenvalue weighted by Gasteiger charge is -2.14. The summed E-state index contributed by atoms with van der Waals surface area (Å²) in [5, 5.41) is 21.8. The van der Waals surface area contributed by atoms with E-state index in [1.165, 1.54) is 12.1 Å². The van der Waals surface area contributed by atoms with Crippen LogP contribution >= 0.6 is 11.6 Å². The van der Waals surface area contributed by atoms with E-state index in [-0.39, 0.29) is 24.5 Å². The van der Waals surface area contributed by atoms with E-state index in [1.807, 2.05) is 12.1 Å². The Kier molecular flexibility index (Phi) is 6.83. The number of carbonyl (C=O) groups is 2. The lowest BCUT2D eigenvalue weighted by molar-refractivity contribution is -0.141. The molecule has 0 aromatic heterocycles. The zero-order valence-electron chi connectivity index (χ0n) is 13.6. The number of phenols is 1. The summed E-state index contributed by atoms with van der Waals surface area (Å²) in [7, 11) is 0. The van der Waals surface area contributed by atoms with Gasteiger partial charge >= 0.3 is 5.97 Å². The number of nitrogens with one attached hydrogen (secondary N) is 1. The smallest absolute Gasteiger partial charge is 0.326 e. The molecule has 2 rings (SSSR count). The molecule has 2 aromatic carbocycles. The van der Waals surface area contributed by atoms with Gasteiger partial charge in [0.25, 0.3) is 0 Å². The molecule has 6 heteroatoms. The molecule has 3 N–H and O–H groups in total. The Labute approximate surface area is 151 Å². The van der Waals surface area contributed by atoms with Crippen LogP contribution < -0.4 is 5.32 Å². The summed E-state index contributed by atoms with van der Waals surface area (Å²) in [5.41, 5.74) is 1.81. The van der Waals surface area contributed by atoms with Crippen LogP contribution in [0.5, 0.6) is 5.75 Å². The lowest BCUT2D eigenvalue weighted by Crippen LogP contribution is -2.42. The predicted octanol–water partition coefficient (Wildman–Crippen LogP) is 3.18. The van der Waals surface area contributed by atoms with Crippen molar-refractivity contribution in [3.05, 3.63) is 64.7 Å². The van der Waals surface area contributed by atoms with Crippen LogP contribution in [0.3, 0.4) is 0 Å². The van der Waals surface area contributed by atoms with E-state index in [1.54, 1.807) is 24.3 Å². The fourth-order valence-corrected chi connectivity index (χ4v) is 2.56. The Morgan fingerprint density at radius 2 is 1.60 bits per heavy atom. The summed E-state index contributed by atoms with van der Waals surface area (Å²) >= 11 is 5.82. The molecule has 0 saturated carbocycles. The lowest BCUT2D eigenvalue weighted by atomic mass is 10.0. The molecule has 2 aromatic rings. The normalized spacial score (nSPS) is 11.7. The summed E-state index contributed by atoms with van der Waals surface area (Å²) in [4.78, 5) is 23.4. The van der Waals surface area contributed by atoms with Crippen molar-refractivity contribution >= 4 is 23.5 Å². The molecule has 0 bridgehead atoms. The third-order valence-electron chi connectivity index (χ3n) is 3.79. The SMILES string of the molecule is O=C(CCCc1ccc(Cl)cc1)N[C@@H](Cc1ccc(O)cc1)C(=O)O. The number of halogens is 1. The predicted molar refractivity (Wildman–Crippen MR) is 95.8 cm³/mol. The second-order valence-electron chi connectivity index (χ2n) is 5.81. The average molecular weight is 362 g/mol. The van der Waals surface area contributed by atoms with Gasteiger partial charge < -0.3 is 15.5 Å². The molecule has 25 heavy (non-hydrogen) atoms. The molecule has 0 spiro atoms. The van der Waals surface area contributed by atoms with Crippen molar-refractivity contribution in [2.75, 3.05) is 0 Å². The molecule has 0 fully saturated rings. The van der Waals surface area contributed by atoms with E-state index in [0.29, 0.717) is 11.4 Å². The Balaban J connectivity index is 1.82. The number of hydrogen-bond acceptors (Lipinski definition) is 3. The minimum Gasteiger partial charge on any atom is -0.508 e. The van der Waals surface area contributed by atoms with E-state index in [0.717, 1.165) is 17.5 Å². The van der Waals surface area contributed by atoms with Crippen LogP contribution in [0, 0.1) is 0 Å². The highest BCUT2D eigenvalue weighted by Crippen LogP contribution is 2.13. The van der Waals surface area contributed by atoms with E-state index in [9.17, 15) is 19.8 Å². The average Bonchev–Trinajstić information content (AvgIpc) is 2.58. The molecule has 0 aliphatic carbocycles. The number of carbonyl (C=O) groups excluding carboxylic acids is 1. The molecular weight excluding hydrogens is 342 g/mol. The number of rotatable bonds is 8. The van der Waals surface area contributed by atoms with E-state index >= 15 is 0 Å². The number of amides is 1. The number of phenolic OH excluding ortho intramolecular Hbond substituents is 1. The second kappa shape index (κ2) is 9.08. The molecule has 5 nitrogen and oxygen atoms in total. The minimum absolute atomic E-state index is 0.113. The first-order valence-electron chi connectivity index (χ1n) is 7.98. The van der Waals surface area contributed by atoms with Crippen molar-refractivity contribution in [1.82, 2.24) is 5.32 Å². The number of hydrogen-bond donors (Lipinski definition) is 3. The van der Waals surface area contributed by atoms with Crippen LogP contribution in [0.25, 0.3) is 0 Å². The largest absolute Gasteiger partial charge is 0.508 e. The van der Waals surface area contributed by atoms with Crippen molar-refractivity contribution in [2.45, 2.75) is 31.7 Å². The number of carboxylic acid groups (broad SMARTS) is 1. The fraction of sp³-hybridized carbons (Fsp3) is 0.263. The molecular formula is C19H20ClNO4. The van der Waals surface area contributed by atoms with Gasteiger partial charge in [0.05, 0.1) is 0 Å². The van der Waals surface area contributed by atoms with Crippen LogP contribution in [-0.2, 0) is 22.4 Å². The summed E-state index contributed by atoms with van der Waals surface area (Å²) in [6, 6.07) is 12.7. The van der Waals surface area contributed by atoms with Gasteiger partial charge in [0.1, 0.15) is 11.8 Å². The topological polar surface area (TPSA) is 86.6 Å². The van der Waals surface area contributed by atoms with E-state index in [2.05, 4.69) is 5.32 Å². The third-order valence-corrected chi connectivity index (χ3v) is 4.04. The van der Waals surface area contributed by atoms with Crippen molar-refractivity contribution in [2.24, 2.45) is 0 Å². The zero-order chi connectivity index (χ0) is 18.2. The van der Waals surface area contributed by atoms with Gasteiger partial charge in [-0.3, -0.25) is 4.79 Å². The second-order valence-corrected chi connectivity index (χ2v) is 6.25. The monoisotopic (exact) mass is 361 g/mol. The van der Waals surface area contributed by atoms with Gasteiger partial charge in [-0.2, -0.15) is 0 Å². The first kappa shape index (κ1) is 18.8. The van der Waals surface area contributed by atoms with Gasteiger partial charge in [-0.05, 0) is 48.2 Å². The van der Waals surface area contributed by atoms with Crippen LogP contribution in [-0.4, -0.2) is 28.1 Å². The van der Waals surface area contributed by atoms with Gasteiger partial charge in [-0.15, -0.1) is 0 Å². The number of benzene rings is 2. The maximum atomic E-state index is 12.0. The quantitative estimate of drug-likeness (QED) is 0.674. The standard InChI is InChI=1S/C19H20ClNO4/c20-15-8-4-13(5-9-15)2-1-3-18(23)21-17(19(24)25)12-14-6-10-16(22)11-7-14/h4-11,17,22H,1-3,12H2,(H,21,23)(H,24,25)/t17-/m0/s1. The maximum Gasteiger partial charge on any atom is 0.326 e. The third kappa shape index (κ3) is 6.47. The molecule has 0 radical (unpaired) electrons. The van der Waals surface area contributed by atoms with Gasteiger partial charge in [-0.1, -0.05) is 35.9 Å². The summed E-state index contributed by atoms with van der Waals surface area (Å²) in [6.45, 7) is 0. The van der Waals surface area contributed by atoms with Gasteiger partial charge in [0, 0.05) is 17.9 Å². The Bertz CT molecular complexity index is 713. The van der Waals surface area contributed by atoms with Gasteiger partial charge in [-0.25, -0.2) is 4.79 Å².